The Hall–Kier alpha value is -5.70. The Balaban J connectivity index is 0.000000185. The monoisotopic (exact) mass is 642 g/mol. The Morgan fingerprint density at radius 2 is 1.49 bits per heavy atom. The predicted octanol–water partition coefficient (Wildman–Crippen LogP) is 4.53. The second kappa shape index (κ2) is 13.3. The highest BCUT2D eigenvalue weighted by Gasteiger charge is 2.34. The molecule has 0 fully saturated rings. The largest absolute Gasteiger partial charge is 0.386 e. The van der Waals surface area contributed by atoms with Crippen molar-refractivity contribution in [3.63, 3.8) is 0 Å². The maximum absolute atomic E-state index is 11.8. The van der Waals surface area contributed by atoms with Crippen LogP contribution in [-0.2, 0) is 23.7 Å². The summed E-state index contributed by atoms with van der Waals surface area (Å²) in [6, 6.07) is 9.00. The molecule has 1 N–H and O–H groups in total. The minimum atomic E-state index is -0.888. The molecule has 0 radical (unpaired) electrons. The number of nitro benzene ring substituents is 2. The topological polar surface area (TPSA) is 183 Å². The van der Waals surface area contributed by atoms with Gasteiger partial charge in [0, 0.05) is 94.9 Å². The fraction of sp³-hybridized carbons (Fsp3) is 0.312. The van der Waals surface area contributed by atoms with Crippen LogP contribution >= 0.6 is 0 Å². The number of carbonyl (C=O) groups is 2. The second-order valence-electron chi connectivity index (χ2n) is 11.5. The van der Waals surface area contributed by atoms with E-state index >= 15 is 0 Å². The third-order valence-corrected chi connectivity index (χ3v) is 8.22. The molecule has 0 aliphatic carbocycles. The first-order valence-corrected chi connectivity index (χ1v) is 14.8. The maximum atomic E-state index is 11.8. The van der Waals surface area contributed by atoms with Gasteiger partial charge in [0.25, 0.3) is 11.4 Å². The van der Waals surface area contributed by atoms with Crippen LogP contribution in [0.3, 0.4) is 0 Å². The lowest BCUT2D eigenvalue weighted by Crippen LogP contribution is -2.36. The summed E-state index contributed by atoms with van der Waals surface area (Å²) in [5, 5.41) is 32.9. The molecule has 0 bridgehead atoms. The summed E-state index contributed by atoms with van der Waals surface area (Å²) in [5.41, 5.74) is 4.83. The summed E-state index contributed by atoms with van der Waals surface area (Å²) in [5.74, 6) is -0.557. The van der Waals surface area contributed by atoms with Crippen molar-refractivity contribution in [3.8, 4) is 0 Å². The van der Waals surface area contributed by atoms with Gasteiger partial charge in [-0.1, -0.05) is 0 Å². The van der Waals surface area contributed by atoms with Gasteiger partial charge in [-0.25, -0.2) is 9.97 Å². The zero-order chi connectivity index (χ0) is 34.0. The molecule has 4 aromatic rings. The van der Waals surface area contributed by atoms with Gasteiger partial charge >= 0.3 is 0 Å². The average molecular weight is 643 g/mol. The SMILES string of the molecule is CC(=O)N1CC/C(=C\c2cn(C)cn2)c2cc([N+](=O)[O-])ccc21.CC(=O)N1CCC(C(O)c2cn(C)cn2)c2cc([N+](=O)[O-])ccc21. The summed E-state index contributed by atoms with van der Waals surface area (Å²) in [7, 11) is 3.69. The highest BCUT2D eigenvalue weighted by atomic mass is 16.6. The molecule has 2 unspecified atom stereocenters. The van der Waals surface area contributed by atoms with Crippen molar-refractivity contribution >= 4 is 46.2 Å². The number of non-ortho nitro benzene ring substituents is 2. The lowest BCUT2D eigenvalue weighted by molar-refractivity contribution is -0.385. The number of imidazole rings is 2. The van der Waals surface area contributed by atoms with Crippen LogP contribution < -0.4 is 9.80 Å². The molecule has 6 rings (SSSR count). The molecule has 4 heterocycles. The van der Waals surface area contributed by atoms with E-state index in [1.54, 1.807) is 52.4 Å². The van der Waals surface area contributed by atoms with Gasteiger partial charge in [0.05, 0.1) is 39.6 Å². The first-order chi connectivity index (χ1) is 22.3. The Labute approximate surface area is 269 Å². The molecule has 2 aromatic heterocycles. The summed E-state index contributed by atoms with van der Waals surface area (Å²) < 4.78 is 3.57. The van der Waals surface area contributed by atoms with Crippen LogP contribution in [0.1, 0.15) is 61.2 Å². The van der Waals surface area contributed by atoms with Crippen LogP contribution in [0.25, 0.3) is 11.6 Å². The highest BCUT2D eigenvalue weighted by Crippen LogP contribution is 2.43. The van der Waals surface area contributed by atoms with Crippen LogP contribution in [0, 0.1) is 20.2 Å². The number of hydrogen-bond donors (Lipinski definition) is 1. The molecule has 2 aliphatic heterocycles. The first kappa shape index (κ1) is 32.7. The Morgan fingerprint density at radius 1 is 0.894 bits per heavy atom. The van der Waals surface area contributed by atoms with E-state index < -0.39 is 16.0 Å². The zero-order valence-electron chi connectivity index (χ0n) is 26.3. The Kier molecular flexibility index (Phi) is 9.28. The third kappa shape index (κ3) is 6.94. The molecular formula is C32H34N8O7. The smallest absolute Gasteiger partial charge is 0.270 e. The fourth-order valence-electron chi connectivity index (χ4n) is 5.97. The number of fused-ring (bicyclic) bond motifs is 2. The minimum absolute atomic E-state index is 0.0149. The number of hydrogen-bond acceptors (Lipinski definition) is 9. The van der Waals surface area contributed by atoms with Crippen molar-refractivity contribution in [2.24, 2.45) is 14.1 Å². The predicted molar refractivity (Wildman–Crippen MR) is 173 cm³/mol. The molecule has 2 aliphatic rings. The van der Waals surface area contributed by atoms with Crippen LogP contribution in [0.2, 0.25) is 0 Å². The number of carbonyl (C=O) groups excluding carboxylic acids is 2. The zero-order valence-corrected chi connectivity index (χ0v) is 26.3. The molecule has 2 atom stereocenters. The van der Waals surface area contributed by atoms with E-state index in [1.807, 2.05) is 23.9 Å². The standard InChI is InChI=1S/C16H18N4O4.C16H16N4O3/c1-10(21)19-6-5-12(16(22)14-8-18(2)9-17-14)13-7-11(20(23)24)3-4-15(13)19;1-11(21)19-6-5-12(7-13-9-18(2)10-17-13)15-8-14(20(22)23)3-4-16(15)19/h3-4,7-9,12,16,22H,5-6H2,1-2H3;3-4,7-10H,5-6H2,1-2H3/b;12-7+. The summed E-state index contributed by atoms with van der Waals surface area (Å²) in [6.07, 6.45) is 9.06. The van der Waals surface area contributed by atoms with Crippen molar-refractivity contribution < 1.29 is 24.5 Å². The molecule has 2 amide bonds. The molecule has 0 saturated heterocycles. The van der Waals surface area contributed by atoms with Crippen LogP contribution in [-0.4, -0.2) is 59.0 Å². The molecule has 0 spiro atoms. The van der Waals surface area contributed by atoms with E-state index in [4.69, 9.17) is 0 Å². The highest BCUT2D eigenvalue weighted by molar-refractivity contribution is 5.99. The first-order valence-electron chi connectivity index (χ1n) is 14.8. The van der Waals surface area contributed by atoms with Crippen molar-refractivity contribution in [3.05, 3.63) is 104 Å². The minimum Gasteiger partial charge on any atom is -0.386 e. The van der Waals surface area contributed by atoms with Gasteiger partial charge in [0.1, 0.15) is 6.10 Å². The number of benzene rings is 2. The molecular weight excluding hydrogens is 608 g/mol. The van der Waals surface area contributed by atoms with E-state index in [2.05, 4.69) is 9.97 Å². The molecule has 15 nitrogen and oxygen atoms in total. The Bertz CT molecular complexity index is 1900. The third-order valence-electron chi connectivity index (χ3n) is 8.22. The molecule has 2 aromatic carbocycles. The van der Waals surface area contributed by atoms with Crippen molar-refractivity contribution in [1.29, 1.82) is 0 Å². The number of nitrogens with zero attached hydrogens (tertiary/aromatic N) is 8. The number of anilines is 2. The van der Waals surface area contributed by atoms with Crippen LogP contribution in [0.15, 0.2) is 61.4 Å². The van der Waals surface area contributed by atoms with E-state index in [-0.39, 0.29) is 29.1 Å². The van der Waals surface area contributed by atoms with Crippen LogP contribution in [0.5, 0.6) is 0 Å². The lowest BCUT2D eigenvalue weighted by Gasteiger charge is -2.35. The van der Waals surface area contributed by atoms with Crippen molar-refractivity contribution in [2.45, 2.75) is 38.7 Å². The van der Waals surface area contributed by atoms with Crippen LogP contribution in [0.4, 0.5) is 22.7 Å². The number of aryl methyl sites for hydroxylation is 2. The maximum Gasteiger partial charge on any atom is 0.270 e. The van der Waals surface area contributed by atoms with Gasteiger partial charge < -0.3 is 24.0 Å². The van der Waals surface area contributed by atoms with Gasteiger partial charge in [-0.05, 0) is 42.2 Å². The summed E-state index contributed by atoms with van der Waals surface area (Å²) in [6.45, 7) is 3.97. The van der Waals surface area contributed by atoms with E-state index in [0.29, 0.717) is 54.1 Å². The number of nitro groups is 2. The van der Waals surface area contributed by atoms with Gasteiger partial charge in [-0.2, -0.15) is 0 Å². The van der Waals surface area contributed by atoms with Crippen molar-refractivity contribution in [1.82, 2.24) is 19.1 Å². The van der Waals surface area contributed by atoms with Gasteiger partial charge in [-0.15, -0.1) is 0 Å². The summed E-state index contributed by atoms with van der Waals surface area (Å²) >= 11 is 0. The van der Waals surface area contributed by atoms with Crippen molar-refractivity contribution in [2.75, 3.05) is 22.9 Å². The molecule has 244 valence electrons. The lowest BCUT2D eigenvalue weighted by atomic mass is 9.84. The quantitative estimate of drug-likeness (QED) is 0.241. The number of aliphatic hydroxyl groups excluding tert-OH is 1. The summed E-state index contributed by atoms with van der Waals surface area (Å²) in [4.78, 5) is 56.6. The number of amides is 2. The second-order valence-corrected chi connectivity index (χ2v) is 11.5. The molecule has 47 heavy (non-hydrogen) atoms. The van der Waals surface area contributed by atoms with Gasteiger partial charge in [0.15, 0.2) is 0 Å². The fourth-order valence-corrected chi connectivity index (χ4v) is 5.97. The number of aromatic nitrogens is 4. The number of rotatable bonds is 5. The van der Waals surface area contributed by atoms with Gasteiger partial charge in [0.2, 0.25) is 11.8 Å². The van der Waals surface area contributed by atoms with E-state index in [0.717, 1.165) is 11.3 Å². The Morgan fingerprint density at radius 3 is 2.06 bits per heavy atom. The average Bonchev–Trinajstić information content (AvgIpc) is 3.67. The molecule has 0 saturated carbocycles. The van der Waals surface area contributed by atoms with E-state index in [1.165, 1.54) is 38.1 Å². The van der Waals surface area contributed by atoms with Gasteiger partial charge in [-0.3, -0.25) is 29.8 Å². The molecule has 15 heteroatoms. The normalized spacial score (nSPS) is 16.9. The number of aliphatic hydroxyl groups is 1. The van der Waals surface area contributed by atoms with E-state index in [9.17, 15) is 34.9 Å².